The molecule has 3 aromatic rings. The molecule has 0 spiro atoms. The van der Waals surface area contributed by atoms with Crippen molar-refractivity contribution in [2.24, 2.45) is 0 Å². The molecule has 0 aliphatic carbocycles. The van der Waals surface area contributed by atoms with Crippen molar-refractivity contribution in [2.75, 3.05) is 0 Å². The highest BCUT2D eigenvalue weighted by atomic mass is 16.2. The minimum absolute atomic E-state index is 0.105. The second-order valence-electron chi connectivity index (χ2n) is 6.40. The average Bonchev–Trinajstić information content (AvgIpc) is 2.63. The third-order valence-corrected chi connectivity index (χ3v) is 4.25. The average molecular weight is 347 g/mol. The fraction of sp³-hybridized carbons (Fsp3) is 0.190. The number of aromatic nitrogens is 2. The Kier molecular flexibility index (Phi) is 5.27. The summed E-state index contributed by atoms with van der Waals surface area (Å²) in [4.78, 5) is 31.8. The van der Waals surface area contributed by atoms with Gasteiger partial charge in [-0.05, 0) is 37.5 Å². The molecule has 3 rings (SSSR count). The van der Waals surface area contributed by atoms with Gasteiger partial charge in [0.05, 0.1) is 6.04 Å². The number of benzene rings is 1. The van der Waals surface area contributed by atoms with Gasteiger partial charge in [0.1, 0.15) is 5.56 Å². The molecule has 0 unspecified atom stereocenters. The van der Waals surface area contributed by atoms with E-state index in [0.717, 1.165) is 16.8 Å². The number of H-pyrrole nitrogens is 1. The molecule has 1 atom stereocenters. The molecule has 5 nitrogen and oxygen atoms in total. The third kappa shape index (κ3) is 4.25. The maximum absolute atomic E-state index is 12.7. The number of hydrogen-bond acceptors (Lipinski definition) is 3. The third-order valence-electron chi connectivity index (χ3n) is 4.25. The Bertz CT molecular complexity index is 947. The largest absolute Gasteiger partial charge is 0.364 e. The Morgan fingerprint density at radius 3 is 2.62 bits per heavy atom. The highest BCUT2D eigenvalue weighted by Crippen LogP contribution is 2.18. The van der Waals surface area contributed by atoms with Crippen molar-refractivity contribution < 1.29 is 4.79 Å². The molecule has 0 radical (unpaired) electrons. The minimum Gasteiger partial charge on any atom is -0.364 e. The molecular weight excluding hydrogens is 326 g/mol. The van der Waals surface area contributed by atoms with E-state index in [2.05, 4.69) is 15.3 Å². The number of aryl methyl sites for hydroxylation is 2. The molecule has 0 aliphatic heterocycles. The Hall–Kier alpha value is -3.21. The standard InChI is InChI=1S/C21H21N3O2/c1-14-5-7-16(8-6-14)11-19(17-4-3-9-22-12-17)24-21(26)18-13-23-15(2)10-20(18)25/h3-10,12-13,19H,11H2,1-2H3,(H,23,25)(H,24,26)/t19-/m0/s1. The van der Waals surface area contributed by atoms with Crippen LogP contribution >= 0.6 is 0 Å². The van der Waals surface area contributed by atoms with Crippen LogP contribution in [0.15, 0.2) is 65.8 Å². The van der Waals surface area contributed by atoms with Gasteiger partial charge in [-0.3, -0.25) is 14.6 Å². The molecule has 1 aromatic carbocycles. The molecule has 26 heavy (non-hydrogen) atoms. The SMILES string of the molecule is Cc1ccc(C[C@H](NC(=O)c2c[nH]c(C)cc2=O)c2cccnc2)cc1. The molecule has 2 aromatic heterocycles. The monoisotopic (exact) mass is 347 g/mol. The summed E-state index contributed by atoms with van der Waals surface area (Å²) in [6, 6.07) is 13.1. The number of nitrogens with one attached hydrogen (secondary N) is 2. The first-order valence-corrected chi connectivity index (χ1v) is 8.48. The summed E-state index contributed by atoms with van der Waals surface area (Å²) < 4.78 is 0. The van der Waals surface area contributed by atoms with Gasteiger partial charge in [-0.25, -0.2) is 0 Å². The van der Waals surface area contributed by atoms with E-state index in [4.69, 9.17) is 0 Å². The Labute approximate surface area is 152 Å². The lowest BCUT2D eigenvalue weighted by Crippen LogP contribution is -2.33. The van der Waals surface area contributed by atoms with Crippen molar-refractivity contribution in [3.8, 4) is 0 Å². The van der Waals surface area contributed by atoms with Crippen LogP contribution < -0.4 is 10.7 Å². The molecule has 0 aliphatic rings. The first-order chi connectivity index (χ1) is 12.5. The summed E-state index contributed by atoms with van der Waals surface area (Å²) in [6.07, 6.45) is 5.50. The Balaban J connectivity index is 1.87. The second kappa shape index (κ2) is 7.78. The van der Waals surface area contributed by atoms with Crippen LogP contribution in [0, 0.1) is 13.8 Å². The smallest absolute Gasteiger partial charge is 0.257 e. The highest BCUT2D eigenvalue weighted by Gasteiger charge is 2.18. The fourth-order valence-electron chi connectivity index (χ4n) is 2.78. The number of hydrogen-bond donors (Lipinski definition) is 2. The molecule has 132 valence electrons. The minimum atomic E-state index is -0.396. The quantitative estimate of drug-likeness (QED) is 0.745. The normalized spacial score (nSPS) is 11.8. The predicted octanol–water partition coefficient (Wildman–Crippen LogP) is 3.10. The number of rotatable bonds is 5. The molecule has 0 bridgehead atoms. The number of nitrogens with zero attached hydrogens (tertiary/aromatic N) is 1. The van der Waals surface area contributed by atoms with E-state index in [-0.39, 0.29) is 17.0 Å². The zero-order valence-corrected chi connectivity index (χ0v) is 14.8. The van der Waals surface area contributed by atoms with Crippen LogP contribution in [0.4, 0.5) is 0 Å². The fourth-order valence-corrected chi connectivity index (χ4v) is 2.78. The molecule has 0 fully saturated rings. The van der Waals surface area contributed by atoms with E-state index in [1.54, 1.807) is 19.3 Å². The lowest BCUT2D eigenvalue weighted by Gasteiger charge is -2.19. The number of pyridine rings is 2. The zero-order valence-electron chi connectivity index (χ0n) is 14.8. The van der Waals surface area contributed by atoms with E-state index in [1.165, 1.54) is 17.8 Å². The summed E-state index contributed by atoms with van der Waals surface area (Å²) in [6.45, 7) is 3.81. The molecule has 0 saturated heterocycles. The maximum Gasteiger partial charge on any atom is 0.257 e. The number of carbonyl (C=O) groups is 1. The van der Waals surface area contributed by atoms with Crippen molar-refractivity contribution in [2.45, 2.75) is 26.3 Å². The molecular formula is C21H21N3O2. The molecule has 5 heteroatoms. The zero-order chi connectivity index (χ0) is 18.5. The summed E-state index contributed by atoms with van der Waals surface area (Å²) in [5.41, 5.74) is 3.71. The van der Waals surface area contributed by atoms with E-state index < -0.39 is 5.91 Å². The van der Waals surface area contributed by atoms with Gasteiger partial charge in [-0.2, -0.15) is 0 Å². The van der Waals surface area contributed by atoms with Crippen molar-refractivity contribution in [3.63, 3.8) is 0 Å². The van der Waals surface area contributed by atoms with Crippen molar-refractivity contribution >= 4 is 5.91 Å². The Morgan fingerprint density at radius 2 is 1.96 bits per heavy atom. The van der Waals surface area contributed by atoms with Gasteiger partial charge in [0.15, 0.2) is 5.43 Å². The van der Waals surface area contributed by atoms with Crippen molar-refractivity contribution in [1.82, 2.24) is 15.3 Å². The van der Waals surface area contributed by atoms with Gasteiger partial charge < -0.3 is 10.3 Å². The number of aromatic amines is 1. The van der Waals surface area contributed by atoms with E-state index >= 15 is 0 Å². The second-order valence-corrected chi connectivity index (χ2v) is 6.40. The van der Waals surface area contributed by atoms with Crippen LogP contribution in [0.25, 0.3) is 0 Å². The van der Waals surface area contributed by atoms with Gasteiger partial charge in [-0.15, -0.1) is 0 Å². The van der Waals surface area contributed by atoms with Gasteiger partial charge in [-0.1, -0.05) is 35.9 Å². The lowest BCUT2D eigenvalue weighted by molar-refractivity contribution is 0.0935. The number of amides is 1. The van der Waals surface area contributed by atoms with E-state index in [0.29, 0.717) is 6.42 Å². The highest BCUT2D eigenvalue weighted by molar-refractivity contribution is 5.94. The van der Waals surface area contributed by atoms with Crippen molar-refractivity contribution in [1.29, 1.82) is 0 Å². The van der Waals surface area contributed by atoms with Crippen LogP contribution in [-0.4, -0.2) is 15.9 Å². The van der Waals surface area contributed by atoms with Crippen LogP contribution in [-0.2, 0) is 6.42 Å². The van der Waals surface area contributed by atoms with Crippen LogP contribution in [0.1, 0.15) is 38.8 Å². The van der Waals surface area contributed by atoms with Crippen LogP contribution in [0.2, 0.25) is 0 Å². The topological polar surface area (TPSA) is 74.8 Å². The molecule has 2 heterocycles. The predicted molar refractivity (Wildman–Crippen MR) is 101 cm³/mol. The van der Waals surface area contributed by atoms with Gasteiger partial charge >= 0.3 is 0 Å². The van der Waals surface area contributed by atoms with E-state index in [9.17, 15) is 9.59 Å². The van der Waals surface area contributed by atoms with E-state index in [1.807, 2.05) is 43.3 Å². The van der Waals surface area contributed by atoms with Gasteiger partial charge in [0, 0.05) is 30.4 Å². The lowest BCUT2D eigenvalue weighted by atomic mass is 9.99. The van der Waals surface area contributed by atoms with Gasteiger partial charge in [0.2, 0.25) is 0 Å². The molecule has 2 N–H and O–H groups in total. The molecule has 1 amide bonds. The molecule has 0 saturated carbocycles. The summed E-state index contributed by atoms with van der Waals surface area (Å²) in [7, 11) is 0. The summed E-state index contributed by atoms with van der Waals surface area (Å²) in [5.74, 6) is -0.396. The maximum atomic E-state index is 12.7. The first-order valence-electron chi connectivity index (χ1n) is 8.48. The first kappa shape index (κ1) is 17.6. The Morgan fingerprint density at radius 1 is 1.19 bits per heavy atom. The summed E-state index contributed by atoms with van der Waals surface area (Å²) in [5, 5.41) is 2.97. The van der Waals surface area contributed by atoms with Crippen LogP contribution in [0.3, 0.4) is 0 Å². The van der Waals surface area contributed by atoms with Crippen LogP contribution in [0.5, 0.6) is 0 Å². The van der Waals surface area contributed by atoms with Crippen molar-refractivity contribution in [3.05, 3.63) is 99.2 Å². The van der Waals surface area contributed by atoms with Gasteiger partial charge in [0.25, 0.3) is 5.91 Å². The number of carbonyl (C=O) groups excluding carboxylic acids is 1. The summed E-state index contributed by atoms with van der Waals surface area (Å²) >= 11 is 0.